The smallest absolute Gasteiger partial charge is 0.254 e. The van der Waals surface area contributed by atoms with Crippen LogP contribution in [0.2, 0.25) is 0 Å². The number of hydrogen-bond donors (Lipinski definition) is 2. The van der Waals surface area contributed by atoms with Gasteiger partial charge in [-0.05, 0) is 24.6 Å². The number of ether oxygens (including phenoxy) is 2. The van der Waals surface area contributed by atoms with Crippen LogP contribution in [0.1, 0.15) is 12.5 Å². The summed E-state index contributed by atoms with van der Waals surface area (Å²) in [6, 6.07) is 7.67. The maximum atomic E-state index is 12.0. The molecule has 19 heavy (non-hydrogen) atoms. The fourth-order valence-electron chi connectivity index (χ4n) is 1.92. The van der Waals surface area contributed by atoms with Gasteiger partial charge in [-0.25, -0.2) is 0 Å². The first kappa shape index (κ1) is 14.0. The van der Waals surface area contributed by atoms with E-state index in [1.54, 1.807) is 0 Å². The number of anilines is 1. The molecule has 1 aromatic rings. The molecule has 1 amide bonds. The van der Waals surface area contributed by atoms with E-state index in [-0.39, 0.29) is 5.91 Å². The lowest BCUT2D eigenvalue weighted by molar-refractivity contribution is -0.128. The molecule has 1 atom stereocenters. The van der Waals surface area contributed by atoms with Crippen LogP contribution in [-0.4, -0.2) is 38.3 Å². The summed E-state index contributed by atoms with van der Waals surface area (Å²) >= 11 is 0. The third-order valence-corrected chi connectivity index (χ3v) is 2.89. The van der Waals surface area contributed by atoms with Gasteiger partial charge < -0.3 is 20.1 Å². The summed E-state index contributed by atoms with van der Waals surface area (Å²) in [5, 5.41) is 6.00. The summed E-state index contributed by atoms with van der Waals surface area (Å²) in [7, 11) is 0. The molecule has 0 bridgehead atoms. The summed E-state index contributed by atoms with van der Waals surface area (Å²) in [5.74, 6) is -0.110. The first-order valence-electron chi connectivity index (χ1n) is 6.59. The predicted octanol–water partition coefficient (Wildman–Crippen LogP) is 1.15. The van der Waals surface area contributed by atoms with Gasteiger partial charge in [0.1, 0.15) is 6.10 Å². The van der Waals surface area contributed by atoms with E-state index in [4.69, 9.17) is 9.47 Å². The summed E-state index contributed by atoms with van der Waals surface area (Å²) in [5.41, 5.74) is 1.82. The third kappa shape index (κ3) is 4.31. The van der Waals surface area contributed by atoms with Gasteiger partial charge >= 0.3 is 0 Å². The molecule has 5 heteroatoms. The molecule has 104 valence electrons. The minimum absolute atomic E-state index is 0.110. The summed E-state index contributed by atoms with van der Waals surface area (Å²) in [6.07, 6.45) is -0.413. The van der Waals surface area contributed by atoms with Crippen molar-refractivity contribution in [2.75, 3.05) is 31.6 Å². The standard InChI is InChI=1S/C14H20N2O3/c1-2-18-10-11-4-3-5-12(8-11)16-14(17)13-9-15-6-7-19-13/h3-5,8,13,15H,2,6-7,9-10H2,1H3,(H,16,17). The Morgan fingerprint density at radius 1 is 1.58 bits per heavy atom. The number of hydrogen-bond acceptors (Lipinski definition) is 4. The molecular formula is C14H20N2O3. The number of benzene rings is 1. The summed E-state index contributed by atoms with van der Waals surface area (Å²) in [4.78, 5) is 12.0. The fraction of sp³-hybridized carbons (Fsp3) is 0.500. The monoisotopic (exact) mass is 264 g/mol. The van der Waals surface area contributed by atoms with Crippen LogP contribution in [0.15, 0.2) is 24.3 Å². The molecule has 1 aromatic carbocycles. The Labute approximate surface area is 113 Å². The number of morpholine rings is 1. The molecule has 1 fully saturated rings. The van der Waals surface area contributed by atoms with Crippen LogP contribution < -0.4 is 10.6 Å². The molecule has 1 saturated heterocycles. The average Bonchev–Trinajstić information content (AvgIpc) is 2.46. The molecule has 1 aliphatic rings. The van der Waals surface area contributed by atoms with Gasteiger partial charge in [0.15, 0.2) is 0 Å². The van der Waals surface area contributed by atoms with E-state index in [0.717, 1.165) is 17.8 Å². The second kappa shape index (κ2) is 7.23. The molecular weight excluding hydrogens is 244 g/mol. The highest BCUT2D eigenvalue weighted by atomic mass is 16.5. The zero-order valence-electron chi connectivity index (χ0n) is 11.1. The van der Waals surface area contributed by atoms with Gasteiger partial charge in [-0.1, -0.05) is 12.1 Å². The van der Waals surface area contributed by atoms with Crippen molar-refractivity contribution >= 4 is 11.6 Å². The van der Waals surface area contributed by atoms with Crippen molar-refractivity contribution in [3.63, 3.8) is 0 Å². The SMILES string of the molecule is CCOCc1cccc(NC(=O)C2CNCCO2)c1. The van der Waals surface area contributed by atoms with Crippen molar-refractivity contribution in [3.05, 3.63) is 29.8 Å². The van der Waals surface area contributed by atoms with Crippen LogP contribution in [0.4, 0.5) is 5.69 Å². The molecule has 0 spiro atoms. The second-order valence-electron chi connectivity index (χ2n) is 4.39. The largest absolute Gasteiger partial charge is 0.377 e. The molecule has 1 aliphatic heterocycles. The lowest BCUT2D eigenvalue weighted by Crippen LogP contribution is -2.45. The van der Waals surface area contributed by atoms with Crippen molar-refractivity contribution in [2.45, 2.75) is 19.6 Å². The molecule has 2 rings (SSSR count). The van der Waals surface area contributed by atoms with Crippen LogP contribution in [0.3, 0.4) is 0 Å². The summed E-state index contributed by atoms with van der Waals surface area (Å²) < 4.78 is 10.8. The van der Waals surface area contributed by atoms with Gasteiger partial charge in [0, 0.05) is 25.4 Å². The minimum Gasteiger partial charge on any atom is -0.377 e. The highest BCUT2D eigenvalue weighted by molar-refractivity contribution is 5.94. The van der Waals surface area contributed by atoms with Gasteiger partial charge in [0.25, 0.3) is 5.91 Å². The Hall–Kier alpha value is -1.43. The van der Waals surface area contributed by atoms with E-state index in [1.165, 1.54) is 0 Å². The minimum atomic E-state index is -0.413. The quantitative estimate of drug-likeness (QED) is 0.837. The zero-order valence-corrected chi connectivity index (χ0v) is 11.1. The van der Waals surface area contributed by atoms with Crippen LogP contribution in [0.5, 0.6) is 0 Å². The number of rotatable bonds is 5. The Kier molecular flexibility index (Phi) is 5.32. The first-order chi connectivity index (χ1) is 9.29. The van der Waals surface area contributed by atoms with E-state index in [2.05, 4.69) is 10.6 Å². The first-order valence-corrected chi connectivity index (χ1v) is 6.59. The van der Waals surface area contributed by atoms with Crippen LogP contribution in [-0.2, 0) is 20.9 Å². The predicted molar refractivity (Wildman–Crippen MR) is 73.0 cm³/mol. The molecule has 2 N–H and O–H groups in total. The van der Waals surface area contributed by atoms with E-state index in [0.29, 0.717) is 26.4 Å². The fourth-order valence-corrected chi connectivity index (χ4v) is 1.92. The molecule has 0 aromatic heterocycles. The Morgan fingerprint density at radius 2 is 2.47 bits per heavy atom. The highest BCUT2D eigenvalue weighted by Gasteiger charge is 2.21. The molecule has 1 heterocycles. The van der Waals surface area contributed by atoms with E-state index in [9.17, 15) is 4.79 Å². The van der Waals surface area contributed by atoms with Gasteiger partial charge in [-0.3, -0.25) is 4.79 Å². The number of amides is 1. The maximum absolute atomic E-state index is 12.0. The average molecular weight is 264 g/mol. The molecule has 0 radical (unpaired) electrons. The van der Waals surface area contributed by atoms with E-state index >= 15 is 0 Å². The Balaban J connectivity index is 1.92. The lowest BCUT2D eigenvalue weighted by Gasteiger charge is -2.22. The maximum Gasteiger partial charge on any atom is 0.254 e. The van der Waals surface area contributed by atoms with Crippen molar-refractivity contribution in [1.82, 2.24) is 5.32 Å². The molecule has 0 aliphatic carbocycles. The summed E-state index contributed by atoms with van der Waals surface area (Å²) in [6.45, 7) is 5.12. The zero-order chi connectivity index (χ0) is 13.5. The lowest BCUT2D eigenvalue weighted by atomic mass is 10.2. The normalized spacial score (nSPS) is 19.1. The highest BCUT2D eigenvalue weighted by Crippen LogP contribution is 2.12. The van der Waals surface area contributed by atoms with Crippen molar-refractivity contribution in [3.8, 4) is 0 Å². The van der Waals surface area contributed by atoms with Gasteiger partial charge in [-0.2, -0.15) is 0 Å². The Bertz CT molecular complexity index is 417. The van der Waals surface area contributed by atoms with Crippen molar-refractivity contribution in [1.29, 1.82) is 0 Å². The second-order valence-corrected chi connectivity index (χ2v) is 4.39. The number of carbonyl (C=O) groups is 1. The van der Waals surface area contributed by atoms with Crippen LogP contribution >= 0.6 is 0 Å². The van der Waals surface area contributed by atoms with Crippen molar-refractivity contribution in [2.24, 2.45) is 0 Å². The van der Waals surface area contributed by atoms with E-state index < -0.39 is 6.10 Å². The van der Waals surface area contributed by atoms with E-state index in [1.807, 2.05) is 31.2 Å². The topological polar surface area (TPSA) is 59.6 Å². The van der Waals surface area contributed by atoms with Crippen LogP contribution in [0.25, 0.3) is 0 Å². The number of nitrogens with one attached hydrogen (secondary N) is 2. The van der Waals surface area contributed by atoms with Gasteiger partial charge in [0.05, 0.1) is 13.2 Å². The molecule has 1 unspecified atom stereocenters. The molecule has 5 nitrogen and oxygen atoms in total. The molecule has 0 saturated carbocycles. The van der Waals surface area contributed by atoms with Crippen LogP contribution in [0, 0.1) is 0 Å². The Morgan fingerprint density at radius 3 is 3.21 bits per heavy atom. The third-order valence-electron chi connectivity index (χ3n) is 2.89. The number of carbonyl (C=O) groups excluding carboxylic acids is 1. The van der Waals surface area contributed by atoms with Gasteiger partial charge in [-0.15, -0.1) is 0 Å². The van der Waals surface area contributed by atoms with Crippen molar-refractivity contribution < 1.29 is 14.3 Å². The van der Waals surface area contributed by atoms with Gasteiger partial charge in [0.2, 0.25) is 0 Å².